The van der Waals surface area contributed by atoms with Crippen molar-refractivity contribution in [1.82, 2.24) is 5.32 Å². The second kappa shape index (κ2) is 8.60. The summed E-state index contributed by atoms with van der Waals surface area (Å²) in [6, 6.07) is 8.08. The number of aliphatic hydroxyl groups excluding tert-OH is 1. The standard InChI is InChI=1S/C14H19NO4S/c1-10-2-4-11(5-3-10)20-9-7-13(17)15-8-6-12(16)14(18)19/h2-5,12,16H,6-9H2,1H3,(H,15,17)(H,18,19). The van der Waals surface area contributed by atoms with E-state index in [-0.39, 0.29) is 18.9 Å². The van der Waals surface area contributed by atoms with E-state index in [1.807, 2.05) is 31.2 Å². The summed E-state index contributed by atoms with van der Waals surface area (Å²) >= 11 is 1.60. The molecule has 1 atom stereocenters. The van der Waals surface area contributed by atoms with Crippen LogP contribution in [0.2, 0.25) is 0 Å². The van der Waals surface area contributed by atoms with Crippen molar-refractivity contribution >= 4 is 23.6 Å². The fraction of sp³-hybridized carbons (Fsp3) is 0.429. The Hall–Kier alpha value is -1.53. The van der Waals surface area contributed by atoms with Crippen molar-refractivity contribution in [2.45, 2.75) is 30.8 Å². The van der Waals surface area contributed by atoms with Gasteiger partial charge in [-0.25, -0.2) is 4.79 Å². The highest BCUT2D eigenvalue weighted by Gasteiger charge is 2.12. The SMILES string of the molecule is Cc1ccc(SCCC(=O)NCCC(O)C(=O)O)cc1. The zero-order valence-corrected chi connectivity index (χ0v) is 12.2. The summed E-state index contributed by atoms with van der Waals surface area (Å²) in [6.07, 6.45) is -1.04. The summed E-state index contributed by atoms with van der Waals surface area (Å²) in [6.45, 7) is 2.19. The number of nitrogens with one attached hydrogen (secondary N) is 1. The summed E-state index contributed by atoms with van der Waals surface area (Å²) in [7, 11) is 0. The molecule has 0 heterocycles. The van der Waals surface area contributed by atoms with E-state index in [1.54, 1.807) is 11.8 Å². The van der Waals surface area contributed by atoms with E-state index in [0.29, 0.717) is 12.2 Å². The first-order chi connectivity index (χ1) is 9.49. The largest absolute Gasteiger partial charge is 0.479 e. The minimum Gasteiger partial charge on any atom is -0.479 e. The van der Waals surface area contributed by atoms with Gasteiger partial charge in [0, 0.05) is 30.0 Å². The van der Waals surface area contributed by atoms with Crippen molar-refractivity contribution in [2.24, 2.45) is 0 Å². The fourth-order valence-corrected chi connectivity index (χ4v) is 2.31. The number of benzene rings is 1. The van der Waals surface area contributed by atoms with Gasteiger partial charge in [-0.15, -0.1) is 11.8 Å². The van der Waals surface area contributed by atoms with Crippen molar-refractivity contribution < 1.29 is 19.8 Å². The maximum atomic E-state index is 11.5. The topological polar surface area (TPSA) is 86.6 Å². The Kier molecular flexibility index (Phi) is 7.11. The lowest BCUT2D eigenvalue weighted by atomic mass is 10.2. The minimum absolute atomic E-state index is 0.0200. The molecule has 1 unspecified atom stereocenters. The maximum Gasteiger partial charge on any atom is 0.332 e. The molecule has 0 saturated heterocycles. The average molecular weight is 297 g/mol. The average Bonchev–Trinajstić information content (AvgIpc) is 2.40. The molecule has 20 heavy (non-hydrogen) atoms. The fourth-order valence-electron chi connectivity index (χ4n) is 1.46. The Morgan fingerprint density at radius 3 is 2.55 bits per heavy atom. The number of carboxylic acid groups (broad SMARTS) is 1. The smallest absolute Gasteiger partial charge is 0.332 e. The Labute approximate surface area is 122 Å². The zero-order valence-electron chi connectivity index (χ0n) is 11.3. The van der Waals surface area contributed by atoms with Crippen molar-refractivity contribution in [3.8, 4) is 0 Å². The predicted octanol–water partition coefficient (Wildman–Crippen LogP) is 1.43. The first-order valence-electron chi connectivity index (χ1n) is 6.36. The number of aryl methyl sites for hydroxylation is 1. The number of carbonyl (C=O) groups is 2. The third-order valence-corrected chi connectivity index (χ3v) is 3.66. The molecule has 0 aliphatic rings. The number of carboxylic acids is 1. The Morgan fingerprint density at radius 2 is 1.95 bits per heavy atom. The normalized spacial score (nSPS) is 11.9. The Morgan fingerprint density at radius 1 is 1.30 bits per heavy atom. The molecule has 0 aromatic heterocycles. The van der Waals surface area contributed by atoms with E-state index in [0.717, 1.165) is 4.90 Å². The van der Waals surface area contributed by atoms with Gasteiger partial charge in [-0.2, -0.15) is 0 Å². The maximum absolute atomic E-state index is 11.5. The molecule has 6 heteroatoms. The summed E-state index contributed by atoms with van der Waals surface area (Å²) < 4.78 is 0. The molecule has 0 fully saturated rings. The summed E-state index contributed by atoms with van der Waals surface area (Å²) in [5.74, 6) is -0.743. The monoisotopic (exact) mass is 297 g/mol. The second-order valence-corrected chi connectivity index (χ2v) is 5.57. The number of thioether (sulfide) groups is 1. The summed E-state index contributed by atoms with van der Waals surface area (Å²) in [5.41, 5.74) is 1.20. The van der Waals surface area contributed by atoms with Crippen molar-refractivity contribution in [3.63, 3.8) is 0 Å². The van der Waals surface area contributed by atoms with Crippen molar-refractivity contribution in [3.05, 3.63) is 29.8 Å². The van der Waals surface area contributed by atoms with Crippen LogP contribution in [0.5, 0.6) is 0 Å². The number of aliphatic carboxylic acids is 1. The molecule has 0 spiro atoms. The Bertz CT molecular complexity index is 447. The third kappa shape index (κ3) is 6.58. The van der Waals surface area contributed by atoms with Crippen LogP contribution in [0.3, 0.4) is 0 Å². The zero-order chi connectivity index (χ0) is 15.0. The third-order valence-electron chi connectivity index (χ3n) is 2.64. The van der Waals surface area contributed by atoms with Crippen LogP contribution in [0.15, 0.2) is 29.2 Å². The van der Waals surface area contributed by atoms with Gasteiger partial charge in [-0.3, -0.25) is 4.79 Å². The highest BCUT2D eigenvalue weighted by Crippen LogP contribution is 2.18. The molecule has 1 aromatic carbocycles. The highest BCUT2D eigenvalue weighted by molar-refractivity contribution is 7.99. The number of rotatable bonds is 8. The molecule has 0 radical (unpaired) electrons. The number of hydrogen-bond acceptors (Lipinski definition) is 4. The van der Waals surface area contributed by atoms with Crippen LogP contribution in [-0.4, -0.2) is 40.5 Å². The number of carbonyl (C=O) groups excluding carboxylic acids is 1. The molecular weight excluding hydrogens is 278 g/mol. The van der Waals surface area contributed by atoms with E-state index < -0.39 is 12.1 Å². The number of amides is 1. The molecule has 110 valence electrons. The Balaban J connectivity index is 2.14. The highest BCUT2D eigenvalue weighted by atomic mass is 32.2. The van der Waals surface area contributed by atoms with Crippen LogP contribution >= 0.6 is 11.8 Å². The molecule has 1 amide bonds. The first-order valence-corrected chi connectivity index (χ1v) is 7.34. The van der Waals surface area contributed by atoms with Gasteiger partial charge >= 0.3 is 5.97 Å². The molecular formula is C14H19NO4S. The quantitative estimate of drug-likeness (QED) is 0.632. The summed E-state index contributed by atoms with van der Waals surface area (Å²) in [5, 5.41) is 20.1. The van der Waals surface area contributed by atoms with Crippen LogP contribution in [0.4, 0.5) is 0 Å². The van der Waals surface area contributed by atoms with Gasteiger partial charge in [0.15, 0.2) is 6.10 Å². The number of aliphatic hydroxyl groups is 1. The van der Waals surface area contributed by atoms with Gasteiger partial charge in [0.05, 0.1) is 0 Å². The van der Waals surface area contributed by atoms with Gasteiger partial charge in [0.25, 0.3) is 0 Å². The van der Waals surface area contributed by atoms with Crippen molar-refractivity contribution in [1.29, 1.82) is 0 Å². The van der Waals surface area contributed by atoms with E-state index >= 15 is 0 Å². The molecule has 0 aliphatic carbocycles. The molecule has 3 N–H and O–H groups in total. The molecule has 0 saturated carbocycles. The van der Waals surface area contributed by atoms with E-state index in [2.05, 4.69) is 5.32 Å². The van der Waals surface area contributed by atoms with Gasteiger partial charge in [-0.1, -0.05) is 17.7 Å². The lowest BCUT2D eigenvalue weighted by Gasteiger charge is -2.07. The van der Waals surface area contributed by atoms with E-state index in [4.69, 9.17) is 10.2 Å². The van der Waals surface area contributed by atoms with Gasteiger partial charge in [0.1, 0.15) is 0 Å². The molecule has 5 nitrogen and oxygen atoms in total. The molecule has 1 rings (SSSR count). The minimum atomic E-state index is -1.42. The van der Waals surface area contributed by atoms with Crippen LogP contribution in [-0.2, 0) is 9.59 Å². The van der Waals surface area contributed by atoms with Crippen LogP contribution in [0.25, 0.3) is 0 Å². The van der Waals surface area contributed by atoms with Gasteiger partial charge < -0.3 is 15.5 Å². The lowest BCUT2D eigenvalue weighted by Crippen LogP contribution is -2.30. The lowest BCUT2D eigenvalue weighted by molar-refractivity contribution is -0.147. The molecule has 0 aliphatic heterocycles. The predicted molar refractivity (Wildman–Crippen MR) is 77.8 cm³/mol. The number of hydrogen-bond donors (Lipinski definition) is 3. The molecule has 0 bridgehead atoms. The molecule has 1 aromatic rings. The van der Waals surface area contributed by atoms with Gasteiger partial charge in [0.2, 0.25) is 5.91 Å². The van der Waals surface area contributed by atoms with E-state index in [1.165, 1.54) is 5.56 Å². The van der Waals surface area contributed by atoms with Crippen molar-refractivity contribution in [2.75, 3.05) is 12.3 Å². The van der Waals surface area contributed by atoms with Crippen LogP contribution in [0.1, 0.15) is 18.4 Å². The van der Waals surface area contributed by atoms with Crippen LogP contribution < -0.4 is 5.32 Å². The summed E-state index contributed by atoms with van der Waals surface area (Å²) in [4.78, 5) is 23.0. The second-order valence-electron chi connectivity index (χ2n) is 4.40. The van der Waals surface area contributed by atoms with Crippen LogP contribution in [0, 0.1) is 6.92 Å². The van der Waals surface area contributed by atoms with Gasteiger partial charge in [-0.05, 0) is 19.1 Å². The van der Waals surface area contributed by atoms with E-state index in [9.17, 15) is 9.59 Å². The first kappa shape index (κ1) is 16.5.